The third-order valence-electron chi connectivity index (χ3n) is 3.05. The molecule has 0 atom stereocenters. The molecule has 3 heteroatoms. The van der Waals surface area contributed by atoms with Crippen molar-refractivity contribution in [3.8, 4) is 5.75 Å². The standard InChI is InChI=1S/C17H20BrNO/c1-3-10-20-16-7-4-14(5-8-16)12-19-15-6-9-17(18)13(2)11-15/h4-9,11,19H,3,10,12H2,1-2H3. The van der Waals surface area contributed by atoms with Crippen molar-refractivity contribution in [1.82, 2.24) is 0 Å². The lowest BCUT2D eigenvalue weighted by Gasteiger charge is -2.09. The fourth-order valence-electron chi connectivity index (χ4n) is 1.88. The minimum atomic E-state index is 0.774. The molecule has 0 unspecified atom stereocenters. The molecule has 0 bridgehead atoms. The maximum atomic E-state index is 5.58. The molecule has 0 radical (unpaired) electrons. The van der Waals surface area contributed by atoms with E-state index < -0.39 is 0 Å². The van der Waals surface area contributed by atoms with Crippen LogP contribution in [0.4, 0.5) is 5.69 Å². The molecular weight excluding hydrogens is 314 g/mol. The summed E-state index contributed by atoms with van der Waals surface area (Å²) in [5.74, 6) is 0.940. The van der Waals surface area contributed by atoms with Crippen LogP contribution in [0.3, 0.4) is 0 Å². The van der Waals surface area contributed by atoms with Gasteiger partial charge in [-0.05, 0) is 54.8 Å². The lowest BCUT2D eigenvalue weighted by Crippen LogP contribution is -2.00. The third kappa shape index (κ3) is 4.27. The van der Waals surface area contributed by atoms with Gasteiger partial charge in [-0.2, -0.15) is 0 Å². The smallest absolute Gasteiger partial charge is 0.119 e. The van der Waals surface area contributed by atoms with Crippen molar-refractivity contribution in [3.63, 3.8) is 0 Å². The summed E-state index contributed by atoms with van der Waals surface area (Å²) < 4.78 is 6.72. The van der Waals surface area contributed by atoms with E-state index in [0.717, 1.165) is 35.5 Å². The maximum Gasteiger partial charge on any atom is 0.119 e. The minimum absolute atomic E-state index is 0.774. The molecule has 0 heterocycles. The van der Waals surface area contributed by atoms with Gasteiger partial charge >= 0.3 is 0 Å². The zero-order chi connectivity index (χ0) is 14.4. The number of hydrogen-bond donors (Lipinski definition) is 1. The molecule has 0 aliphatic heterocycles. The summed E-state index contributed by atoms with van der Waals surface area (Å²) in [5, 5.41) is 3.43. The Morgan fingerprint density at radius 1 is 1.10 bits per heavy atom. The zero-order valence-corrected chi connectivity index (χ0v) is 13.5. The Morgan fingerprint density at radius 2 is 1.85 bits per heavy atom. The maximum absolute atomic E-state index is 5.58. The van der Waals surface area contributed by atoms with Crippen LogP contribution in [-0.2, 0) is 6.54 Å². The highest BCUT2D eigenvalue weighted by Gasteiger charge is 1.99. The first-order valence-electron chi connectivity index (χ1n) is 6.91. The van der Waals surface area contributed by atoms with Crippen molar-refractivity contribution in [2.45, 2.75) is 26.8 Å². The highest BCUT2D eigenvalue weighted by Crippen LogP contribution is 2.20. The molecule has 2 rings (SSSR count). The number of rotatable bonds is 6. The van der Waals surface area contributed by atoms with Crippen LogP contribution in [0.2, 0.25) is 0 Å². The fraction of sp³-hybridized carbons (Fsp3) is 0.294. The van der Waals surface area contributed by atoms with E-state index in [9.17, 15) is 0 Å². The normalized spacial score (nSPS) is 10.3. The van der Waals surface area contributed by atoms with Gasteiger partial charge in [0.2, 0.25) is 0 Å². The Kier molecular flexibility index (Phi) is 5.48. The average Bonchev–Trinajstić information content (AvgIpc) is 2.47. The van der Waals surface area contributed by atoms with Gasteiger partial charge in [-0.25, -0.2) is 0 Å². The summed E-state index contributed by atoms with van der Waals surface area (Å²) >= 11 is 3.51. The van der Waals surface area contributed by atoms with Gasteiger partial charge in [0.1, 0.15) is 5.75 Å². The van der Waals surface area contributed by atoms with E-state index in [1.165, 1.54) is 11.1 Å². The molecule has 0 amide bonds. The minimum Gasteiger partial charge on any atom is -0.494 e. The van der Waals surface area contributed by atoms with E-state index in [-0.39, 0.29) is 0 Å². The largest absolute Gasteiger partial charge is 0.494 e. The fourth-order valence-corrected chi connectivity index (χ4v) is 2.13. The molecule has 0 aliphatic carbocycles. The van der Waals surface area contributed by atoms with Gasteiger partial charge in [0.05, 0.1) is 6.61 Å². The molecule has 106 valence electrons. The Bertz CT molecular complexity index is 551. The van der Waals surface area contributed by atoms with E-state index in [1.54, 1.807) is 0 Å². The van der Waals surface area contributed by atoms with Crippen molar-refractivity contribution < 1.29 is 4.74 Å². The van der Waals surface area contributed by atoms with Gasteiger partial charge in [0.15, 0.2) is 0 Å². The molecular formula is C17H20BrNO. The van der Waals surface area contributed by atoms with E-state index in [1.807, 2.05) is 12.1 Å². The summed E-state index contributed by atoms with van der Waals surface area (Å²) in [4.78, 5) is 0. The predicted molar refractivity (Wildman–Crippen MR) is 88.4 cm³/mol. The van der Waals surface area contributed by atoms with Gasteiger partial charge in [-0.1, -0.05) is 35.0 Å². The second-order valence-corrected chi connectivity index (χ2v) is 5.66. The molecule has 2 aromatic carbocycles. The molecule has 2 aromatic rings. The van der Waals surface area contributed by atoms with Crippen molar-refractivity contribution in [2.24, 2.45) is 0 Å². The summed E-state index contributed by atoms with van der Waals surface area (Å²) in [6.45, 7) is 5.79. The Hall–Kier alpha value is -1.48. The second-order valence-electron chi connectivity index (χ2n) is 4.81. The molecule has 0 saturated heterocycles. The lowest BCUT2D eigenvalue weighted by molar-refractivity contribution is 0.317. The van der Waals surface area contributed by atoms with Crippen molar-refractivity contribution >= 4 is 21.6 Å². The van der Waals surface area contributed by atoms with Crippen LogP contribution in [0.5, 0.6) is 5.75 Å². The number of ether oxygens (including phenoxy) is 1. The van der Waals surface area contributed by atoms with Crippen molar-refractivity contribution in [3.05, 3.63) is 58.1 Å². The summed E-state index contributed by atoms with van der Waals surface area (Å²) in [5.41, 5.74) is 3.62. The Labute approximate surface area is 129 Å². The molecule has 2 nitrogen and oxygen atoms in total. The molecule has 0 spiro atoms. The zero-order valence-electron chi connectivity index (χ0n) is 11.9. The number of anilines is 1. The first-order valence-corrected chi connectivity index (χ1v) is 7.70. The quantitative estimate of drug-likeness (QED) is 0.788. The average molecular weight is 334 g/mol. The summed E-state index contributed by atoms with van der Waals surface area (Å²) in [7, 11) is 0. The number of hydrogen-bond acceptors (Lipinski definition) is 2. The lowest BCUT2D eigenvalue weighted by atomic mass is 10.2. The van der Waals surface area contributed by atoms with E-state index in [2.05, 4.69) is 65.4 Å². The van der Waals surface area contributed by atoms with Gasteiger partial charge in [0, 0.05) is 16.7 Å². The number of halogens is 1. The number of aryl methyl sites for hydroxylation is 1. The molecule has 0 fully saturated rings. The van der Waals surface area contributed by atoms with Gasteiger partial charge in [-0.3, -0.25) is 0 Å². The second kappa shape index (κ2) is 7.34. The van der Waals surface area contributed by atoms with Crippen LogP contribution >= 0.6 is 15.9 Å². The highest BCUT2D eigenvalue weighted by molar-refractivity contribution is 9.10. The Morgan fingerprint density at radius 3 is 2.50 bits per heavy atom. The highest BCUT2D eigenvalue weighted by atomic mass is 79.9. The van der Waals surface area contributed by atoms with Gasteiger partial charge in [-0.15, -0.1) is 0 Å². The Balaban J connectivity index is 1.91. The molecule has 0 saturated carbocycles. The van der Waals surface area contributed by atoms with Crippen molar-refractivity contribution in [2.75, 3.05) is 11.9 Å². The van der Waals surface area contributed by atoms with Crippen LogP contribution in [0.1, 0.15) is 24.5 Å². The predicted octanol–water partition coefficient (Wildman–Crippen LogP) is 5.16. The number of benzene rings is 2. The summed E-state index contributed by atoms with van der Waals surface area (Å²) in [6.07, 6.45) is 1.03. The summed E-state index contributed by atoms with van der Waals surface area (Å²) in [6, 6.07) is 14.5. The SMILES string of the molecule is CCCOc1ccc(CNc2ccc(Br)c(C)c2)cc1. The monoisotopic (exact) mass is 333 g/mol. The first-order chi connectivity index (χ1) is 9.69. The molecule has 0 aliphatic rings. The topological polar surface area (TPSA) is 21.3 Å². The van der Waals surface area contributed by atoms with Crippen LogP contribution in [0.15, 0.2) is 46.9 Å². The van der Waals surface area contributed by atoms with Gasteiger partial charge in [0.25, 0.3) is 0 Å². The number of nitrogens with one attached hydrogen (secondary N) is 1. The van der Waals surface area contributed by atoms with Crippen LogP contribution in [0.25, 0.3) is 0 Å². The van der Waals surface area contributed by atoms with E-state index in [4.69, 9.17) is 4.74 Å². The molecule has 20 heavy (non-hydrogen) atoms. The molecule has 1 N–H and O–H groups in total. The first kappa shape index (κ1) is 14.9. The van der Waals surface area contributed by atoms with E-state index in [0.29, 0.717) is 0 Å². The van der Waals surface area contributed by atoms with E-state index >= 15 is 0 Å². The van der Waals surface area contributed by atoms with Crippen LogP contribution in [-0.4, -0.2) is 6.61 Å². The van der Waals surface area contributed by atoms with Crippen molar-refractivity contribution in [1.29, 1.82) is 0 Å². The van der Waals surface area contributed by atoms with Gasteiger partial charge < -0.3 is 10.1 Å². The van der Waals surface area contributed by atoms with Crippen LogP contribution in [0, 0.1) is 6.92 Å². The third-order valence-corrected chi connectivity index (χ3v) is 3.94. The van der Waals surface area contributed by atoms with Crippen LogP contribution < -0.4 is 10.1 Å². The molecule has 0 aromatic heterocycles.